The van der Waals surface area contributed by atoms with Crippen LogP contribution in [0.2, 0.25) is 0 Å². The Labute approximate surface area is 103 Å². The average molecular weight is 234 g/mol. The van der Waals surface area contributed by atoms with Crippen molar-refractivity contribution in [3.05, 3.63) is 23.7 Å². The number of piperazine rings is 1. The Bertz CT molecular complexity index is 377. The van der Waals surface area contributed by atoms with Crippen molar-refractivity contribution in [2.75, 3.05) is 13.1 Å². The Morgan fingerprint density at radius 2 is 2.06 bits per heavy atom. The molecule has 2 heterocycles. The third kappa shape index (κ3) is 2.14. The predicted molar refractivity (Wildman–Crippen MR) is 68.0 cm³/mol. The predicted octanol–water partition coefficient (Wildman–Crippen LogP) is 2.34. The molecule has 1 fully saturated rings. The minimum absolute atomic E-state index is 0.587. The van der Waals surface area contributed by atoms with Gasteiger partial charge in [-0.1, -0.05) is 0 Å². The lowest BCUT2D eigenvalue weighted by atomic mass is 9.91. The zero-order valence-electron chi connectivity index (χ0n) is 10.8. The second-order valence-corrected chi connectivity index (χ2v) is 5.63. The first kappa shape index (κ1) is 11.3. The normalized spacial score (nSPS) is 34.6. The summed E-state index contributed by atoms with van der Waals surface area (Å²) in [5.74, 6) is 1.22. The highest BCUT2D eigenvalue weighted by atomic mass is 16.3. The number of hydrogen-bond donors (Lipinski definition) is 1. The number of nitrogens with one attached hydrogen (secondary N) is 1. The van der Waals surface area contributed by atoms with E-state index in [4.69, 9.17) is 4.42 Å². The van der Waals surface area contributed by atoms with E-state index in [0.717, 1.165) is 19.5 Å². The van der Waals surface area contributed by atoms with Crippen LogP contribution in [0.25, 0.3) is 0 Å². The van der Waals surface area contributed by atoms with Crippen LogP contribution in [0.15, 0.2) is 16.7 Å². The van der Waals surface area contributed by atoms with Gasteiger partial charge in [-0.05, 0) is 32.8 Å². The summed E-state index contributed by atoms with van der Waals surface area (Å²) in [7, 11) is 0. The molecule has 0 amide bonds. The molecular weight excluding hydrogens is 212 g/mol. The van der Waals surface area contributed by atoms with E-state index >= 15 is 0 Å². The lowest BCUT2D eigenvalue weighted by Gasteiger charge is -2.42. The average Bonchev–Trinajstić information content (AvgIpc) is 2.75. The fourth-order valence-corrected chi connectivity index (χ4v) is 3.47. The summed E-state index contributed by atoms with van der Waals surface area (Å²) in [6, 6.07) is 3.95. The van der Waals surface area contributed by atoms with Gasteiger partial charge in [0.15, 0.2) is 0 Å². The van der Waals surface area contributed by atoms with Crippen LogP contribution in [0.5, 0.6) is 0 Å². The highest BCUT2D eigenvalue weighted by Crippen LogP contribution is 2.35. The number of furan rings is 1. The van der Waals surface area contributed by atoms with Crippen molar-refractivity contribution in [3.8, 4) is 0 Å². The standard InChI is InChI=1S/C14H22N2O/c1-10-8-16(9-11(2)15-10)13-4-3-5-14-12(13)6-7-17-14/h6-7,10-11,13,15H,3-5,8-9H2,1-2H3. The van der Waals surface area contributed by atoms with Crippen molar-refractivity contribution in [1.82, 2.24) is 10.2 Å². The van der Waals surface area contributed by atoms with Crippen LogP contribution in [0.3, 0.4) is 0 Å². The van der Waals surface area contributed by atoms with Gasteiger partial charge >= 0.3 is 0 Å². The minimum atomic E-state index is 0.587. The molecule has 0 bridgehead atoms. The fourth-order valence-electron chi connectivity index (χ4n) is 3.47. The molecule has 3 nitrogen and oxygen atoms in total. The van der Waals surface area contributed by atoms with Crippen LogP contribution < -0.4 is 5.32 Å². The first-order chi connectivity index (χ1) is 8.24. The third-order valence-electron chi connectivity index (χ3n) is 4.05. The van der Waals surface area contributed by atoms with E-state index in [1.807, 2.05) is 6.26 Å². The Morgan fingerprint density at radius 3 is 2.82 bits per heavy atom. The van der Waals surface area contributed by atoms with Gasteiger partial charge in [-0.2, -0.15) is 0 Å². The van der Waals surface area contributed by atoms with Gasteiger partial charge in [-0.15, -0.1) is 0 Å². The molecule has 1 N–H and O–H groups in total. The molecule has 0 spiro atoms. The minimum Gasteiger partial charge on any atom is -0.469 e. The highest BCUT2D eigenvalue weighted by Gasteiger charge is 2.31. The zero-order valence-corrected chi connectivity index (χ0v) is 10.8. The van der Waals surface area contributed by atoms with Gasteiger partial charge in [-0.3, -0.25) is 4.90 Å². The third-order valence-corrected chi connectivity index (χ3v) is 4.05. The summed E-state index contributed by atoms with van der Waals surface area (Å²) in [5.41, 5.74) is 1.44. The maximum Gasteiger partial charge on any atom is 0.108 e. The van der Waals surface area contributed by atoms with E-state index < -0.39 is 0 Å². The molecule has 0 aromatic carbocycles. The molecule has 0 saturated carbocycles. The summed E-state index contributed by atoms with van der Waals surface area (Å²) in [5, 5.41) is 3.60. The van der Waals surface area contributed by atoms with Gasteiger partial charge in [-0.25, -0.2) is 0 Å². The summed E-state index contributed by atoms with van der Waals surface area (Å²) in [6.45, 7) is 6.86. The van der Waals surface area contributed by atoms with Crippen LogP contribution in [0.4, 0.5) is 0 Å². The molecule has 17 heavy (non-hydrogen) atoms. The van der Waals surface area contributed by atoms with Crippen molar-refractivity contribution < 1.29 is 4.42 Å². The van der Waals surface area contributed by atoms with E-state index in [1.165, 1.54) is 24.2 Å². The molecule has 1 aliphatic carbocycles. The van der Waals surface area contributed by atoms with Crippen molar-refractivity contribution >= 4 is 0 Å². The van der Waals surface area contributed by atoms with Gasteiger partial charge in [0.2, 0.25) is 0 Å². The van der Waals surface area contributed by atoms with Crippen LogP contribution in [-0.4, -0.2) is 30.1 Å². The van der Waals surface area contributed by atoms with E-state index in [1.54, 1.807) is 0 Å². The highest BCUT2D eigenvalue weighted by molar-refractivity contribution is 5.24. The van der Waals surface area contributed by atoms with Gasteiger partial charge in [0, 0.05) is 43.2 Å². The largest absolute Gasteiger partial charge is 0.469 e. The van der Waals surface area contributed by atoms with Crippen molar-refractivity contribution in [2.45, 2.75) is 51.2 Å². The lowest BCUT2D eigenvalue weighted by molar-refractivity contribution is 0.110. The summed E-state index contributed by atoms with van der Waals surface area (Å²) >= 11 is 0. The smallest absolute Gasteiger partial charge is 0.108 e. The van der Waals surface area contributed by atoms with Crippen LogP contribution in [-0.2, 0) is 6.42 Å². The second kappa shape index (κ2) is 4.46. The van der Waals surface area contributed by atoms with E-state index in [0.29, 0.717) is 18.1 Å². The Balaban J connectivity index is 1.81. The molecular formula is C14H22N2O. The SMILES string of the molecule is CC1CN(C2CCCc3occc32)CC(C)N1. The second-order valence-electron chi connectivity index (χ2n) is 5.63. The summed E-state index contributed by atoms with van der Waals surface area (Å²) < 4.78 is 5.59. The molecule has 1 saturated heterocycles. The van der Waals surface area contributed by atoms with E-state index in [9.17, 15) is 0 Å². The molecule has 1 aliphatic heterocycles. The van der Waals surface area contributed by atoms with Gasteiger partial charge in [0.1, 0.15) is 5.76 Å². The van der Waals surface area contributed by atoms with E-state index in [2.05, 4.69) is 30.1 Å². The van der Waals surface area contributed by atoms with E-state index in [-0.39, 0.29) is 0 Å². The molecule has 2 aliphatic rings. The summed E-state index contributed by atoms with van der Waals surface area (Å²) in [6.07, 6.45) is 5.53. The van der Waals surface area contributed by atoms with Gasteiger partial charge < -0.3 is 9.73 Å². The topological polar surface area (TPSA) is 28.4 Å². The number of fused-ring (bicyclic) bond motifs is 1. The maximum absolute atomic E-state index is 5.59. The Hall–Kier alpha value is -0.800. The van der Waals surface area contributed by atoms with Crippen molar-refractivity contribution in [1.29, 1.82) is 0 Å². The molecule has 94 valence electrons. The lowest BCUT2D eigenvalue weighted by Crippen LogP contribution is -2.55. The number of aryl methyl sites for hydroxylation is 1. The van der Waals surface area contributed by atoms with Crippen molar-refractivity contribution in [3.63, 3.8) is 0 Å². The molecule has 3 atom stereocenters. The van der Waals surface area contributed by atoms with Crippen LogP contribution in [0, 0.1) is 0 Å². The molecule has 3 unspecified atom stereocenters. The molecule has 1 aromatic rings. The zero-order chi connectivity index (χ0) is 11.8. The number of hydrogen-bond acceptors (Lipinski definition) is 3. The molecule has 3 heteroatoms. The Morgan fingerprint density at radius 1 is 1.29 bits per heavy atom. The van der Waals surface area contributed by atoms with Gasteiger partial charge in [0.05, 0.1) is 6.26 Å². The van der Waals surface area contributed by atoms with Gasteiger partial charge in [0.25, 0.3) is 0 Å². The number of nitrogens with zero attached hydrogens (tertiary/aromatic N) is 1. The van der Waals surface area contributed by atoms with Crippen molar-refractivity contribution in [2.24, 2.45) is 0 Å². The first-order valence-electron chi connectivity index (χ1n) is 6.80. The monoisotopic (exact) mass is 234 g/mol. The quantitative estimate of drug-likeness (QED) is 0.808. The Kier molecular flexibility index (Phi) is 2.97. The summed E-state index contributed by atoms with van der Waals surface area (Å²) in [4.78, 5) is 2.64. The maximum atomic E-state index is 5.59. The first-order valence-corrected chi connectivity index (χ1v) is 6.80. The van der Waals surface area contributed by atoms with Crippen LogP contribution >= 0.6 is 0 Å². The molecule has 1 aromatic heterocycles. The van der Waals surface area contributed by atoms with Crippen LogP contribution in [0.1, 0.15) is 44.1 Å². The fraction of sp³-hybridized carbons (Fsp3) is 0.714. The molecule has 3 rings (SSSR count). The number of rotatable bonds is 1. The molecule has 0 radical (unpaired) electrons.